The first-order chi connectivity index (χ1) is 8.10. The van der Waals surface area contributed by atoms with Crippen molar-refractivity contribution in [2.45, 2.75) is 27.3 Å². The lowest BCUT2D eigenvalue weighted by Crippen LogP contribution is -2.04. The van der Waals surface area contributed by atoms with E-state index in [0.717, 1.165) is 23.4 Å². The van der Waals surface area contributed by atoms with E-state index in [9.17, 15) is 4.79 Å². The van der Waals surface area contributed by atoms with E-state index in [1.165, 1.54) is 4.88 Å². The number of aryl methyl sites for hydroxylation is 1. The van der Waals surface area contributed by atoms with Crippen molar-refractivity contribution in [1.82, 2.24) is 9.78 Å². The largest absolute Gasteiger partial charge is 0.298 e. The smallest absolute Gasteiger partial charge is 0.153 e. The van der Waals surface area contributed by atoms with Gasteiger partial charge in [-0.2, -0.15) is 5.10 Å². The van der Waals surface area contributed by atoms with Crippen LogP contribution in [0.5, 0.6) is 0 Å². The average molecular weight is 248 g/mol. The number of hydrogen-bond acceptors (Lipinski definition) is 3. The van der Waals surface area contributed by atoms with Gasteiger partial charge in [-0.1, -0.05) is 13.8 Å². The number of carbonyl (C=O) groups excluding carboxylic acids is 1. The zero-order valence-electron chi connectivity index (χ0n) is 10.3. The zero-order chi connectivity index (χ0) is 12.4. The van der Waals surface area contributed by atoms with E-state index in [4.69, 9.17) is 0 Å². The lowest BCUT2D eigenvalue weighted by atomic mass is 10.2. The molecular weight excluding hydrogens is 232 g/mol. The molecule has 0 bridgehead atoms. The van der Waals surface area contributed by atoms with Crippen molar-refractivity contribution in [3.8, 4) is 10.6 Å². The molecule has 0 N–H and O–H groups in total. The molecule has 3 nitrogen and oxygen atoms in total. The molecule has 4 heteroatoms. The van der Waals surface area contributed by atoms with Crippen LogP contribution in [0.4, 0.5) is 0 Å². The summed E-state index contributed by atoms with van der Waals surface area (Å²) in [4.78, 5) is 13.4. The van der Waals surface area contributed by atoms with E-state index in [1.807, 2.05) is 16.9 Å². The maximum absolute atomic E-state index is 11.1. The Kier molecular flexibility index (Phi) is 3.43. The Morgan fingerprint density at radius 3 is 2.76 bits per heavy atom. The Morgan fingerprint density at radius 1 is 1.47 bits per heavy atom. The van der Waals surface area contributed by atoms with Crippen molar-refractivity contribution in [1.29, 1.82) is 0 Å². The van der Waals surface area contributed by atoms with Crippen molar-refractivity contribution in [3.63, 3.8) is 0 Å². The van der Waals surface area contributed by atoms with Crippen molar-refractivity contribution in [2.75, 3.05) is 0 Å². The van der Waals surface area contributed by atoms with E-state index in [2.05, 4.69) is 31.9 Å². The predicted octanol–water partition coefficient (Wildman–Crippen LogP) is 3.39. The van der Waals surface area contributed by atoms with Crippen LogP contribution in [0.25, 0.3) is 10.6 Å². The van der Waals surface area contributed by atoms with Crippen molar-refractivity contribution >= 4 is 17.6 Å². The summed E-state index contributed by atoms with van der Waals surface area (Å²) >= 11 is 1.67. The van der Waals surface area contributed by atoms with E-state index >= 15 is 0 Å². The number of rotatable bonds is 4. The number of hydrogen-bond donors (Lipinski definition) is 0. The van der Waals surface area contributed by atoms with E-state index in [-0.39, 0.29) is 0 Å². The van der Waals surface area contributed by atoms with Gasteiger partial charge in [0.05, 0.1) is 10.4 Å². The van der Waals surface area contributed by atoms with Gasteiger partial charge in [-0.25, -0.2) is 0 Å². The molecule has 0 saturated carbocycles. The standard InChI is InChI=1S/C13H16N2OS/c1-9(2)6-15-7-11(8-16)13(14-15)12-5-4-10(3)17-12/h4-5,7-9H,6H2,1-3H3. The van der Waals surface area contributed by atoms with Gasteiger partial charge in [-0.15, -0.1) is 11.3 Å². The highest BCUT2D eigenvalue weighted by molar-refractivity contribution is 7.15. The second-order valence-electron chi connectivity index (χ2n) is 4.58. The molecule has 2 rings (SSSR count). The minimum Gasteiger partial charge on any atom is -0.298 e. The normalized spacial score (nSPS) is 11.1. The molecule has 17 heavy (non-hydrogen) atoms. The monoisotopic (exact) mass is 248 g/mol. The van der Waals surface area contributed by atoms with Gasteiger partial charge in [-0.05, 0) is 25.0 Å². The van der Waals surface area contributed by atoms with Crippen LogP contribution in [0.15, 0.2) is 18.3 Å². The summed E-state index contributed by atoms with van der Waals surface area (Å²) in [5.74, 6) is 0.521. The van der Waals surface area contributed by atoms with Gasteiger partial charge in [0.1, 0.15) is 5.69 Å². The summed E-state index contributed by atoms with van der Waals surface area (Å²) < 4.78 is 1.86. The molecule has 2 heterocycles. The second-order valence-corrected chi connectivity index (χ2v) is 5.86. The summed E-state index contributed by atoms with van der Waals surface area (Å²) in [5, 5.41) is 4.50. The summed E-state index contributed by atoms with van der Waals surface area (Å²) in [6.45, 7) is 7.17. The average Bonchev–Trinajstić information content (AvgIpc) is 2.83. The molecule has 0 radical (unpaired) electrons. The molecule has 0 aliphatic carbocycles. The molecule has 0 atom stereocenters. The first kappa shape index (κ1) is 12.0. The molecule has 2 aromatic heterocycles. The van der Waals surface area contributed by atoms with Gasteiger partial charge in [0, 0.05) is 17.6 Å². The van der Waals surface area contributed by atoms with Crippen LogP contribution >= 0.6 is 11.3 Å². The summed E-state index contributed by atoms with van der Waals surface area (Å²) in [6.07, 6.45) is 2.71. The topological polar surface area (TPSA) is 34.9 Å². The van der Waals surface area contributed by atoms with Gasteiger partial charge in [0.2, 0.25) is 0 Å². The molecule has 90 valence electrons. The number of carbonyl (C=O) groups is 1. The SMILES string of the molecule is Cc1ccc(-c2nn(CC(C)C)cc2C=O)s1. The Morgan fingerprint density at radius 2 is 2.24 bits per heavy atom. The molecule has 0 aromatic carbocycles. The Labute approximate surface area is 105 Å². The Hall–Kier alpha value is -1.42. The first-order valence-electron chi connectivity index (χ1n) is 5.69. The molecule has 0 fully saturated rings. The van der Waals surface area contributed by atoms with Crippen LogP contribution in [0, 0.1) is 12.8 Å². The van der Waals surface area contributed by atoms with E-state index < -0.39 is 0 Å². The van der Waals surface area contributed by atoms with Gasteiger partial charge < -0.3 is 0 Å². The van der Waals surface area contributed by atoms with Crippen LogP contribution < -0.4 is 0 Å². The third kappa shape index (κ3) is 2.64. The number of thiophene rings is 1. The molecular formula is C13H16N2OS. The Balaban J connectivity index is 2.39. The quantitative estimate of drug-likeness (QED) is 0.777. The molecule has 0 spiro atoms. The molecule has 0 unspecified atom stereocenters. The molecule has 0 aliphatic rings. The molecule has 0 amide bonds. The second kappa shape index (κ2) is 4.84. The lowest BCUT2D eigenvalue weighted by molar-refractivity contribution is 0.112. The molecule has 0 saturated heterocycles. The van der Waals surface area contributed by atoms with Gasteiger partial charge >= 0.3 is 0 Å². The maximum Gasteiger partial charge on any atom is 0.153 e. The first-order valence-corrected chi connectivity index (χ1v) is 6.51. The number of aromatic nitrogens is 2. The number of nitrogens with zero attached hydrogens (tertiary/aromatic N) is 2. The molecule has 2 aromatic rings. The maximum atomic E-state index is 11.1. The fourth-order valence-electron chi connectivity index (χ4n) is 1.74. The summed E-state index contributed by atoms with van der Waals surface area (Å²) in [6, 6.07) is 4.07. The minimum atomic E-state index is 0.521. The zero-order valence-corrected chi connectivity index (χ0v) is 11.1. The third-order valence-corrected chi connectivity index (χ3v) is 3.45. The Bertz CT molecular complexity index is 525. The van der Waals surface area contributed by atoms with Crippen LogP contribution in [-0.4, -0.2) is 16.1 Å². The number of aldehydes is 1. The minimum absolute atomic E-state index is 0.521. The summed E-state index contributed by atoms with van der Waals surface area (Å²) in [7, 11) is 0. The molecule has 0 aliphatic heterocycles. The van der Waals surface area contributed by atoms with E-state index in [0.29, 0.717) is 11.5 Å². The third-order valence-electron chi connectivity index (χ3n) is 2.44. The van der Waals surface area contributed by atoms with Crippen LogP contribution in [-0.2, 0) is 6.54 Å². The van der Waals surface area contributed by atoms with E-state index in [1.54, 1.807) is 11.3 Å². The van der Waals surface area contributed by atoms with Crippen molar-refractivity contribution in [2.24, 2.45) is 5.92 Å². The van der Waals surface area contributed by atoms with Crippen molar-refractivity contribution < 1.29 is 4.79 Å². The van der Waals surface area contributed by atoms with Crippen molar-refractivity contribution in [3.05, 3.63) is 28.8 Å². The van der Waals surface area contributed by atoms with Crippen LogP contribution in [0.1, 0.15) is 29.1 Å². The lowest BCUT2D eigenvalue weighted by Gasteiger charge is -2.03. The fourth-order valence-corrected chi connectivity index (χ4v) is 2.62. The fraction of sp³-hybridized carbons (Fsp3) is 0.385. The highest BCUT2D eigenvalue weighted by Crippen LogP contribution is 2.28. The van der Waals surface area contributed by atoms with Crippen LogP contribution in [0.2, 0.25) is 0 Å². The van der Waals surface area contributed by atoms with Crippen LogP contribution in [0.3, 0.4) is 0 Å². The highest BCUT2D eigenvalue weighted by Gasteiger charge is 2.12. The van der Waals surface area contributed by atoms with Gasteiger partial charge in [0.25, 0.3) is 0 Å². The van der Waals surface area contributed by atoms with Gasteiger partial charge in [0.15, 0.2) is 6.29 Å². The summed E-state index contributed by atoms with van der Waals surface area (Å²) in [5.41, 5.74) is 1.48. The van der Waals surface area contributed by atoms with Gasteiger partial charge in [-0.3, -0.25) is 9.48 Å². The predicted molar refractivity (Wildman–Crippen MR) is 70.5 cm³/mol. The highest BCUT2D eigenvalue weighted by atomic mass is 32.1.